The fourth-order valence-corrected chi connectivity index (χ4v) is 1.37. The van der Waals surface area contributed by atoms with E-state index in [1.54, 1.807) is 7.11 Å². The molecule has 0 amide bonds. The minimum absolute atomic E-state index is 0.743. The maximum absolute atomic E-state index is 5.05. The number of hydrogen-bond acceptors (Lipinski definition) is 1. The van der Waals surface area contributed by atoms with E-state index in [0.717, 1.165) is 23.1 Å². The summed E-state index contributed by atoms with van der Waals surface area (Å²) in [5, 5.41) is 0. The first kappa shape index (κ1) is 13.7. The number of methoxy groups -OCH3 is 1. The molecule has 0 aliphatic heterocycles. The monoisotopic (exact) mass is 258 g/mol. The molecule has 80 valence electrons. The predicted molar refractivity (Wildman–Crippen MR) is 66.7 cm³/mol. The van der Waals surface area contributed by atoms with Crippen molar-refractivity contribution in [1.82, 2.24) is 0 Å². The summed E-state index contributed by atoms with van der Waals surface area (Å²) in [5.74, 6) is 0. The standard InChI is InChI=1S/C12H19BrO/c1-6-12(7-8-14-5)10(3)9(2)11(4)13/h6H,3,7-8H2,1-2,4-5H3. The lowest BCUT2D eigenvalue weighted by molar-refractivity contribution is 0.202. The molecular formula is C12H19BrO. The van der Waals surface area contributed by atoms with Gasteiger partial charge < -0.3 is 4.74 Å². The SMILES string of the molecule is C=C(C(=CC)CCOC)C(C)=C(C)Br. The fraction of sp³-hybridized carbons (Fsp3) is 0.500. The minimum Gasteiger partial charge on any atom is -0.384 e. The van der Waals surface area contributed by atoms with Gasteiger partial charge in [-0.15, -0.1) is 0 Å². The highest BCUT2D eigenvalue weighted by Gasteiger charge is 2.05. The van der Waals surface area contributed by atoms with Crippen LogP contribution in [0.4, 0.5) is 0 Å². The summed E-state index contributed by atoms with van der Waals surface area (Å²) >= 11 is 3.47. The van der Waals surface area contributed by atoms with Gasteiger partial charge in [-0.25, -0.2) is 0 Å². The minimum atomic E-state index is 0.743. The zero-order valence-electron chi connectivity index (χ0n) is 9.48. The average Bonchev–Trinajstić information content (AvgIpc) is 2.17. The largest absolute Gasteiger partial charge is 0.384 e. The third-order valence-electron chi connectivity index (χ3n) is 2.28. The molecule has 1 nitrogen and oxygen atoms in total. The molecular weight excluding hydrogens is 240 g/mol. The van der Waals surface area contributed by atoms with Crippen molar-refractivity contribution >= 4 is 15.9 Å². The van der Waals surface area contributed by atoms with Crippen LogP contribution in [0.15, 0.2) is 33.9 Å². The Morgan fingerprint density at radius 2 is 2.00 bits per heavy atom. The van der Waals surface area contributed by atoms with Gasteiger partial charge in [0.1, 0.15) is 0 Å². The van der Waals surface area contributed by atoms with Crippen LogP contribution in [0.5, 0.6) is 0 Å². The molecule has 0 N–H and O–H groups in total. The summed E-state index contributed by atoms with van der Waals surface area (Å²) in [7, 11) is 1.72. The van der Waals surface area contributed by atoms with Gasteiger partial charge in [0, 0.05) is 7.11 Å². The first-order valence-electron chi connectivity index (χ1n) is 4.71. The summed E-state index contributed by atoms with van der Waals surface area (Å²) in [6.07, 6.45) is 3.02. The van der Waals surface area contributed by atoms with E-state index in [1.807, 2.05) is 13.8 Å². The summed E-state index contributed by atoms with van der Waals surface area (Å²) in [4.78, 5) is 0. The van der Waals surface area contributed by atoms with Gasteiger partial charge >= 0.3 is 0 Å². The molecule has 0 aromatic carbocycles. The third kappa shape index (κ3) is 4.25. The van der Waals surface area contributed by atoms with Crippen LogP contribution in [0, 0.1) is 0 Å². The zero-order chi connectivity index (χ0) is 11.1. The van der Waals surface area contributed by atoms with Gasteiger partial charge in [0.05, 0.1) is 6.61 Å². The topological polar surface area (TPSA) is 9.23 Å². The molecule has 0 aromatic rings. The molecule has 0 fully saturated rings. The van der Waals surface area contributed by atoms with Crippen LogP contribution in [0.25, 0.3) is 0 Å². The Morgan fingerprint density at radius 3 is 2.36 bits per heavy atom. The molecule has 0 rings (SSSR count). The van der Waals surface area contributed by atoms with E-state index in [4.69, 9.17) is 4.74 Å². The number of halogens is 1. The zero-order valence-corrected chi connectivity index (χ0v) is 11.1. The smallest absolute Gasteiger partial charge is 0.0502 e. The first-order valence-corrected chi connectivity index (χ1v) is 5.50. The Balaban J connectivity index is 4.58. The van der Waals surface area contributed by atoms with Crippen LogP contribution in [0.2, 0.25) is 0 Å². The molecule has 0 atom stereocenters. The van der Waals surface area contributed by atoms with Crippen molar-refractivity contribution in [3.63, 3.8) is 0 Å². The van der Waals surface area contributed by atoms with Crippen molar-refractivity contribution in [3.8, 4) is 0 Å². The lowest BCUT2D eigenvalue weighted by Crippen LogP contribution is -1.96. The van der Waals surface area contributed by atoms with Gasteiger partial charge in [-0.1, -0.05) is 28.6 Å². The molecule has 0 unspecified atom stereocenters. The van der Waals surface area contributed by atoms with Crippen molar-refractivity contribution < 1.29 is 4.74 Å². The maximum atomic E-state index is 5.05. The third-order valence-corrected chi connectivity index (χ3v) is 2.88. The fourth-order valence-electron chi connectivity index (χ4n) is 1.13. The molecule has 0 radical (unpaired) electrons. The lowest BCUT2D eigenvalue weighted by atomic mass is 9.98. The molecule has 14 heavy (non-hydrogen) atoms. The highest BCUT2D eigenvalue weighted by Crippen LogP contribution is 2.24. The van der Waals surface area contributed by atoms with Gasteiger partial charge in [0.15, 0.2) is 0 Å². The lowest BCUT2D eigenvalue weighted by Gasteiger charge is -2.11. The molecule has 0 saturated heterocycles. The molecule has 0 bridgehead atoms. The van der Waals surface area contributed by atoms with Crippen molar-refractivity contribution in [1.29, 1.82) is 0 Å². The van der Waals surface area contributed by atoms with Crippen molar-refractivity contribution in [2.24, 2.45) is 0 Å². The van der Waals surface area contributed by atoms with E-state index in [1.165, 1.54) is 11.1 Å². The summed E-state index contributed by atoms with van der Waals surface area (Å²) in [6.45, 7) is 11.0. The van der Waals surface area contributed by atoms with Gasteiger partial charge in [0.2, 0.25) is 0 Å². The number of rotatable bonds is 5. The van der Waals surface area contributed by atoms with Crippen LogP contribution in [-0.2, 0) is 4.74 Å². The molecule has 2 heteroatoms. The van der Waals surface area contributed by atoms with E-state index < -0.39 is 0 Å². The molecule has 0 aromatic heterocycles. The second-order valence-electron chi connectivity index (χ2n) is 3.19. The predicted octanol–water partition coefficient (Wildman–Crippen LogP) is 4.21. The molecule has 0 aliphatic carbocycles. The van der Waals surface area contributed by atoms with Crippen LogP contribution in [0.1, 0.15) is 27.2 Å². The Morgan fingerprint density at radius 1 is 1.43 bits per heavy atom. The summed E-state index contributed by atoms with van der Waals surface area (Å²) in [6, 6.07) is 0. The maximum Gasteiger partial charge on any atom is 0.0502 e. The molecule has 0 aliphatic rings. The Hall–Kier alpha value is -0.340. The van der Waals surface area contributed by atoms with Crippen LogP contribution >= 0.6 is 15.9 Å². The highest BCUT2D eigenvalue weighted by atomic mass is 79.9. The highest BCUT2D eigenvalue weighted by molar-refractivity contribution is 9.11. The van der Waals surface area contributed by atoms with Gasteiger partial charge in [0.25, 0.3) is 0 Å². The van der Waals surface area contributed by atoms with Crippen LogP contribution < -0.4 is 0 Å². The number of ether oxygens (including phenoxy) is 1. The van der Waals surface area contributed by atoms with Gasteiger partial charge in [-0.3, -0.25) is 0 Å². The van der Waals surface area contributed by atoms with E-state index in [9.17, 15) is 0 Å². The number of hydrogen-bond donors (Lipinski definition) is 0. The summed E-state index contributed by atoms with van der Waals surface area (Å²) < 4.78 is 6.19. The van der Waals surface area contributed by atoms with E-state index in [-0.39, 0.29) is 0 Å². The molecule has 0 saturated carbocycles. The van der Waals surface area contributed by atoms with Crippen molar-refractivity contribution in [3.05, 3.63) is 33.9 Å². The Labute approximate surface area is 95.7 Å². The Bertz CT molecular complexity index is 257. The van der Waals surface area contributed by atoms with Gasteiger partial charge in [-0.2, -0.15) is 0 Å². The van der Waals surface area contributed by atoms with Crippen molar-refractivity contribution in [2.45, 2.75) is 27.2 Å². The second kappa shape index (κ2) is 7.02. The van der Waals surface area contributed by atoms with Gasteiger partial charge in [-0.05, 0) is 48.4 Å². The summed E-state index contributed by atoms with van der Waals surface area (Å²) in [5.41, 5.74) is 3.55. The molecule has 0 spiro atoms. The van der Waals surface area contributed by atoms with E-state index in [0.29, 0.717) is 0 Å². The van der Waals surface area contributed by atoms with Crippen LogP contribution in [-0.4, -0.2) is 13.7 Å². The van der Waals surface area contributed by atoms with E-state index in [2.05, 4.69) is 35.5 Å². The van der Waals surface area contributed by atoms with E-state index >= 15 is 0 Å². The number of allylic oxidation sites excluding steroid dienone is 4. The first-order chi connectivity index (χ1) is 6.54. The quantitative estimate of drug-likeness (QED) is 0.672. The van der Waals surface area contributed by atoms with Crippen molar-refractivity contribution in [2.75, 3.05) is 13.7 Å². The Kier molecular flexibility index (Phi) is 6.85. The van der Waals surface area contributed by atoms with Crippen LogP contribution in [0.3, 0.4) is 0 Å². The normalized spacial score (nSPS) is 13.9. The molecule has 0 heterocycles. The average molecular weight is 259 g/mol. The second-order valence-corrected chi connectivity index (χ2v) is 4.38.